The molecular formula is C27H37N3O6. The van der Waals surface area contributed by atoms with Crippen LogP contribution in [0.4, 0.5) is 0 Å². The summed E-state index contributed by atoms with van der Waals surface area (Å²) in [5, 5.41) is 0.806. The third kappa shape index (κ3) is 8.27. The van der Waals surface area contributed by atoms with Crippen LogP contribution in [-0.4, -0.2) is 41.5 Å². The first-order valence-electron chi connectivity index (χ1n) is 12.8. The second-order valence-electron chi connectivity index (χ2n) is 9.72. The summed E-state index contributed by atoms with van der Waals surface area (Å²) in [5.74, 6) is -3.34. The van der Waals surface area contributed by atoms with Crippen molar-refractivity contribution in [3.05, 3.63) is 42.0 Å². The van der Waals surface area contributed by atoms with E-state index in [0.29, 0.717) is 25.9 Å². The van der Waals surface area contributed by atoms with Gasteiger partial charge in [-0.15, -0.1) is 0 Å². The summed E-state index contributed by atoms with van der Waals surface area (Å²) in [6.07, 6.45) is 7.31. The number of hydrogen-bond acceptors (Lipinski definition) is 6. The molecule has 2 saturated heterocycles. The maximum atomic E-state index is 13.4. The smallest absolute Gasteiger partial charge is 0.248 e. The first-order valence-corrected chi connectivity index (χ1v) is 12.8. The minimum absolute atomic E-state index is 0.0875. The van der Waals surface area contributed by atoms with E-state index in [4.69, 9.17) is 9.57 Å². The Labute approximate surface area is 212 Å². The van der Waals surface area contributed by atoms with E-state index in [1.165, 1.54) is 0 Å². The van der Waals surface area contributed by atoms with E-state index in [0.717, 1.165) is 23.4 Å². The summed E-state index contributed by atoms with van der Waals surface area (Å²) in [5.41, 5.74) is 5.97. The highest BCUT2D eigenvalue weighted by Crippen LogP contribution is 2.26. The lowest BCUT2D eigenvalue weighted by Crippen LogP contribution is -2.55. The summed E-state index contributed by atoms with van der Waals surface area (Å²) in [4.78, 5) is 56.8. The van der Waals surface area contributed by atoms with Crippen molar-refractivity contribution in [1.29, 1.82) is 0 Å². The number of imide groups is 1. The molecule has 196 valence electrons. The molecule has 3 rings (SSSR count). The topological polar surface area (TPSA) is 114 Å². The second kappa shape index (κ2) is 13.9. The van der Waals surface area contributed by atoms with Gasteiger partial charge in [-0.3, -0.25) is 24.6 Å². The molecule has 0 saturated carbocycles. The summed E-state index contributed by atoms with van der Waals surface area (Å²) >= 11 is 0. The number of carbonyl (C=O) groups is 4. The SMILES string of the molecule is CC(C)C[C@@H](C(=O)NN1C(=O)CCCC1=O)[C@H](CC=Cc1ccccc1)C(=O)NOC1CCCCO1. The first-order chi connectivity index (χ1) is 17.3. The third-order valence-corrected chi connectivity index (χ3v) is 6.32. The molecule has 2 aliphatic heterocycles. The molecule has 0 spiro atoms. The van der Waals surface area contributed by atoms with Crippen molar-refractivity contribution >= 4 is 29.7 Å². The maximum absolute atomic E-state index is 13.4. The minimum Gasteiger partial charge on any atom is -0.350 e. The molecule has 3 atom stereocenters. The lowest BCUT2D eigenvalue weighted by atomic mass is 9.82. The molecule has 4 amide bonds. The number of nitrogens with zero attached hydrogens (tertiary/aromatic N) is 1. The molecule has 0 aliphatic carbocycles. The summed E-state index contributed by atoms with van der Waals surface area (Å²) in [7, 11) is 0. The summed E-state index contributed by atoms with van der Waals surface area (Å²) < 4.78 is 5.53. The lowest BCUT2D eigenvalue weighted by Gasteiger charge is -2.31. The van der Waals surface area contributed by atoms with Crippen LogP contribution in [0.1, 0.15) is 70.8 Å². The molecule has 0 radical (unpaired) electrons. The molecule has 0 bridgehead atoms. The van der Waals surface area contributed by atoms with E-state index in [1.807, 2.05) is 56.3 Å². The number of hydroxylamine groups is 1. The van der Waals surface area contributed by atoms with E-state index < -0.39 is 41.8 Å². The predicted molar refractivity (Wildman–Crippen MR) is 133 cm³/mol. The molecular weight excluding hydrogens is 462 g/mol. The van der Waals surface area contributed by atoms with E-state index in [-0.39, 0.29) is 25.2 Å². The largest absolute Gasteiger partial charge is 0.350 e. The number of amides is 4. The monoisotopic (exact) mass is 499 g/mol. The maximum Gasteiger partial charge on any atom is 0.248 e. The molecule has 1 aromatic carbocycles. The Balaban J connectivity index is 1.78. The van der Waals surface area contributed by atoms with Crippen molar-refractivity contribution in [2.75, 3.05) is 6.61 Å². The van der Waals surface area contributed by atoms with Crippen molar-refractivity contribution < 1.29 is 28.8 Å². The highest BCUT2D eigenvalue weighted by Gasteiger charge is 2.37. The van der Waals surface area contributed by atoms with E-state index in [9.17, 15) is 19.2 Å². The number of carbonyl (C=O) groups excluding carboxylic acids is 4. The van der Waals surface area contributed by atoms with Crippen molar-refractivity contribution in [1.82, 2.24) is 15.9 Å². The molecule has 2 N–H and O–H groups in total. The fourth-order valence-corrected chi connectivity index (χ4v) is 4.41. The zero-order valence-electron chi connectivity index (χ0n) is 21.1. The third-order valence-electron chi connectivity index (χ3n) is 6.32. The molecule has 2 aliphatic rings. The van der Waals surface area contributed by atoms with Crippen LogP contribution in [0.15, 0.2) is 36.4 Å². The van der Waals surface area contributed by atoms with Crippen LogP contribution >= 0.6 is 0 Å². The van der Waals surface area contributed by atoms with Gasteiger partial charge in [-0.25, -0.2) is 10.3 Å². The molecule has 9 nitrogen and oxygen atoms in total. The fraction of sp³-hybridized carbons (Fsp3) is 0.556. The number of allylic oxidation sites excluding steroid dienone is 1. The molecule has 2 fully saturated rings. The number of rotatable bonds is 11. The quantitative estimate of drug-likeness (QED) is 0.356. The Hall–Kier alpha value is -3.04. The molecule has 0 aromatic heterocycles. The van der Waals surface area contributed by atoms with Crippen LogP contribution in [0.25, 0.3) is 6.08 Å². The number of hydrazine groups is 1. The summed E-state index contributed by atoms with van der Waals surface area (Å²) in [6, 6.07) is 9.65. The highest BCUT2D eigenvalue weighted by molar-refractivity contribution is 5.99. The van der Waals surface area contributed by atoms with E-state index >= 15 is 0 Å². The average Bonchev–Trinajstić information content (AvgIpc) is 2.87. The van der Waals surface area contributed by atoms with Gasteiger partial charge in [-0.05, 0) is 43.6 Å². The molecule has 2 heterocycles. The van der Waals surface area contributed by atoms with Gasteiger partial charge in [0, 0.05) is 25.9 Å². The molecule has 9 heteroatoms. The molecule has 1 unspecified atom stereocenters. The van der Waals surface area contributed by atoms with E-state index in [1.54, 1.807) is 0 Å². The van der Waals surface area contributed by atoms with Gasteiger partial charge in [0.15, 0.2) is 6.29 Å². The van der Waals surface area contributed by atoms with Gasteiger partial charge in [0.05, 0.1) is 11.8 Å². The van der Waals surface area contributed by atoms with Gasteiger partial charge in [0.1, 0.15) is 0 Å². The van der Waals surface area contributed by atoms with Crippen LogP contribution in [0.5, 0.6) is 0 Å². The van der Waals surface area contributed by atoms with Gasteiger partial charge < -0.3 is 4.74 Å². The van der Waals surface area contributed by atoms with Gasteiger partial charge in [-0.1, -0.05) is 56.3 Å². The van der Waals surface area contributed by atoms with Crippen LogP contribution in [0.2, 0.25) is 0 Å². The van der Waals surface area contributed by atoms with Gasteiger partial charge in [-0.2, -0.15) is 5.01 Å². The zero-order valence-corrected chi connectivity index (χ0v) is 21.1. The van der Waals surface area contributed by atoms with Crippen LogP contribution < -0.4 is 10.9 Å². The molecule has 36 heavy (non-hydrogen) atoms. The average molecular weight is 500 g/mol. The fourth-order valence-electron chi connectivity index (χ4n) is 4.41. The number of benzene rings is 1. The Morgan fingerprint density at radius 2 is 1.78 bits per heavy atom. The lowest BCUT2D eigenvalue weighted by molar-refractivity contribution is -0.203. The zero-order chi connectivity index (χ0) is 25.9. The van der Waals surface area contributed by atoms with Gasteiger partial charge in [0.2, 0.25) is 23.6 Å². The Kier molecular flexibility index (Phi) is 10.6. The van der Waals surface area contributed by atoms with Crippen molar-refractivity contribution in [2.45, 2.75) is 71.5 Å². The Bertz CT molecular complexity index is 911. The Morgan fingerprint density at radius 3 is 2.42 bits per heavy atom. The van der Waals surface area contributed by atoms with Crippen LogP contribution in [0, 0.1) is 17.8 Å². The summed E-state index contributed by atoms with van der Waals surface area (Å²) in [6.45, 7) is 4.48. The van der Waals surface area contributed by atoms with Crippen LogP contribution in [-0.2, 0) is 28.8 Å². The second-order valence-corrected chi connectivity index (χ2v) is 9.72. The van der Waals surface area contributed by atoms with E-state index in [2.05, 4.69) is 10.9 Å². The van der Waals surface area contributed by atoms with Gasteiger partial charge >= 0.3 is 0 Å². The van der Waals surface area contributed by atoms with Crippen molar-refractivity contribution in [3.63, 3.8) is 0 Å². The first kappa shape index (κ1) is 27.5. The van der Waals surface area contributed by atoms with Crippen LogP contribution in [0.3, 0.4) is 0 Å². The normalized spacial score (nSPS) is 20.4. The number of nitrogens with one attached hydrogen (secondary N) is 2. The number of piperidine rings is 1. The van der Waals surface area contributed by atoms with Crippen molar-refractivity contribution in [3.8, 4) is 0 Å². The number of ether oxygens (including phenoxy) is 1. The highest BCUT2D eigenvalue weighted by atomic mass is 16.8. The number of hydrogen-bond donors (Lipinski definition) is 2. The Morgan fingerprint density at radius 1 is 1.06 bits per heavy atom. The molecule has 1 aromatic rings. The predicted octanol–water partition coefficient (Wildman–Crippen LogP) is 3.51. The standard InChI is InChI=1S/C27H37N3O6/c1-19(2)18-22(26(33)28-30-23(31)14-9-15-24(30)32)21(13-8-12-20-10-4-3-5-11-20)27(34)29-36-25-16-6-7-17-35-25/h3-5,8,10-12,19,21-22,25H,6-7,9,13-18H2,1-2H3,(H,28,33)(H,29,34)/t21-,22+,25?/m0/s1. The minimum atomic E-state index is -0.788. The van der Waals surface area contributed by atoms with Crippen molar-refractivity contribution in [2.24, 2.45) is 17.8 Å². The van der Waals surface area contributed by atoms with Gasteiger partial charge in [0.25, 0.3) is 0 Å².